The lowest BCUT2D eigenvalue weighted by Crippen LogP contribution is -2.42. The van der Waals surface area contributed by atoms with Gasteiger partial charge < -0.3 is 16.4 Å². The van der Waals surface area contributed by atoms with Crippen LogP contribution in [-0.2, 0) is 19.9 Å². The summed E-state index contributed by atoms with van der Waals surface area (Å²) in [5, 5.41) is 5.38. The second-order valence-corrected chi connectivity index (χ2v) is 8.89. The van der Waals surface area contributed by atoms with Crippen molar-refractivity contribution in [3.05, 3.63) is 41.3 Å². The Kier molecular flexibility index (Phi) is 6.08. The SMILES string of the molecule is Cc1nc(NC(=O)CN2C(=O)NC(C)(c3ccc(F)cc3)C2=O)sc1SCC(N)=O. The Labute approximate surface area is 179 Å². The molecule has 1 aromatic carbocycles. The van der Waals surface area contributed by atoms with Crippen LogP contribution in [0, 0.1) is 12.7 Å². The third kappa shape index (κ3) is 4.44. The molecule has 2 heterocycles. The highest BCUT2D eigenvalue weighted by Gasteiger charge is 2.49. The average molecular weight is 452 g/mol. The van der Waals surface area contributed by atoms with E-state index in [1.807, 2.05) is 0 Å². The van der Waals surface area contributed by atoms with Crippen molar-refractivity contribution in [2.45, 2.75) is 23.6 Å². The Morgan fingerprint density at radius 3 is 2.63 bits per heavy atom. The molecule has 1 aromatic heterocycles. The van der Waals surface area contributed by atoms with Gasteiger partial charge >= 0.3 is 6.03 Å². The number of anilines is 1. The minimum atomic E-state index is -1.40. The number of benzene rings is 1. The van der Waals surface area contributed by atoms with Crippen LogP contribution in [0.1, 0.15) is 18.2 Å². The first-order chi connectivity index (χ1) is 14.1. The smallest absolute Gasteiger partial charge is 0.325 e. The summed E-state index contributed by atoms with van der Waals surface area (Å²) in [5.41, 5.74) is 4.75. The van der Waals surface area contributed by atoms with E-state index in [1.54, 1.807) is 6.92 Å². The van der Waals surface area contributed by atoms with Gasteiger partial charge in [-0.05, 0) is 31.5 Å². The molecule has 1 atom stereocenters. The lowest BCUT2D eigenvalue weighted by Gasteiger charge is -2.22. The zero-order chi connectivity index (χ0) is 22.1. The van der Waals surface area contributed by atoms with Gasteiger partial charge in [0.05, 0.1) is 15.7 Å². The van der Waals surface area contributed by atoms with Crippen molar-refractivity contribution in [3.8, 4) is 0 Å². The fraction of sp³-hybridized carbons (Fsp3) is 0.278. The highest BCUT2D eigenvalue weighted by Crippen LogP contribution is 2.32. The number of rotatable bonds is 7. The number of thioether (sulfide) groups is 1. The Morgan fingerprint density at radius 2 is 2.00 bits per heavy atom. The number of hydrogen-bond acceptors (Lipinski definition) is 7. The third-order valence-electron chi connectivity index (χ3n) is 4.34. The van der Waals surface area contributed by atoms with Gasteiger partial charge in [-0.25, -0.2) is 14.2 Å². The number of thiazole rings is 1. The molecule has 2 aromatic rings. The first kappa shape index (κ1) is 21.7. The third-order valence-corrected chi connectivity index (χ3v) is 6.80. The van der Waals surface area contributed by atoms with Crippen LogP contribution in [-0.4, -0.2) is 45.9 Å². The number of aromatic nitrogens is 1. The maximum absolute atomic E-state index is 13.2. The molecule has 0 spiro atoms. The number of carbonyl (C=O) groups is 4. The van der Waals surface area contributed by atoms with E-state index in [9.17, 15) is 23.6 Å². The van der Waals surface area contributed by atoms with Crippen molar-refractivity contribution >= 4 is 52.0 Å². The topological polar surface area (TPSA) is 134 Å². The molecule has 12 heteroatoms. The molecule has 1 aliphatic heterocycles. The Balaban J connectivity index is 1.67. The summed E-state index contributed by atoms with van der Waals surface area (Å²) in [7, 11) is 0. The lowest BCUT2D eigenvalue weighted by atomic mass is 9.92. The Bertz CT molecular complexity index is 1030. The van der Waals surface area contributed by atoms with Crippen molar-refractivity contribution in [1.29, 1.82) is 0 Å². The number of nitrogens with one attached hydrogen (secondary N) is 2. The molecule has 158 valence electrons. The molecule has 5 amide bonds. The number of aryl methyl sites for hydroxylation is 1. The minimum absolute atomic E-state index is 0.0842. The molecule has 0 aliphatic carbocycles. The van der Waals surface area contributed by atoms with Gasteiger partial charge in [0.1, 0.15) is 17.9 Å². The summed E-state index contributed by atoms with van der Waals surface area (Å²) in [6.07, 6.45) is 0. The van der Waals surface area contributed by atoms with Gasteiger partial charge in [0.25, 0.3) is 5.91 Å². The molecule has 1 aliphatic rings. The van der Waals surface area contributed by atoms with Crippen LogP contribution in [0.4, 0.5) is 14.3 Å². The molecular weight excluding hydrogens is 433 g/mol. The van der Waals surface area contributed by atoms with E-state index < -0.39 is 41.7 Å². The van der Waals surface area contributed by atoms with E-state index in [-0.39, 0.29) is 10.9 Å². The Hall–Kier alpha value is -2.99. The van der Waals surface area contributed by atoms with Gasteiger partial charge in [-0.2, -0.15) is 0 Å². The number of carbonyl (C=O) groups excluding carboxylic acids is 4. The standard InChI is InChI=1S/C18H18FN5O4S2/c1-9-14(29-8-12(20)25)30-16(21-9)22-13(26)7-24-15(27)18(2,23-17(24)28)10-3-5-11(19)6-4-10/h3-6H,7-8H2,1-2H3,(H2,20,25)(H,23,28)(H,21,22,26). The van der Waals surface area contributed by atoms with Gasteiger partial charge in [-0.1, -0.05) is 23.5 Å². The van der Waals surface area contributed by atoms with Gasteiger partial charge in [-0.3, -0.25) is 19.3 Å². The van der Waals surface area contributed by atoms with E-state index in [4.69, 9.17) is 5.73 Å². The summed E-state index contributed by atoms with van der Waals surface area (Å²) in [5.74, 6) is -2.09. The van der Waals surface area contributed by atoms with Crippen LogP contribution in [0.2, 0.25) is 0 Å². The number of imide groups is 1. The molecule has 0 saturated carbocycles. The van der Waals surface area contributed by atoms with Gasteiger partial charge in [0.2, 0.25) is 11.8 Å². The molecule has 3 rings (SSSR count). The molecule has 4 N–H and O–H groups in total. The number of amides is 5. The van der Waals surface area contributed by atoms with E-state index in [0.717, 1.165) is 20.4 Å². The lowest BCUT2D eigenvalue weighted by molar-refractivity contribution is -0.133. The largest absolute Gasteiger partial charge is 0.369 e. The van der Waals surface area contributed by atoms with Gasteiger partial charge in [0.15, 0.2) is 5.13 Å². The zero-order valence-corrected chi connectivity index (χ0v) is 17.7. The van der Waals surface area contributed by atoms with Crippen LogP contribution >= 0.6 is 23.1 Å². The molecule has 30 heavy (non-hydrogen) atoms. The summed E-state index contributed by atoms with van der Waals surface area (Å²) >= 11 is 2.37. The molecule has 1 saturated heterocycles. The second-order valence-electron chi connectivity index (χ2n) is 6.65. The van der Waals surface area contributed by atoms with E-state index in [1.165, 1.54) is 43.0 Å². The number of halogens is 1. The highest BCUT2D eigenvalue weighted by atomic mass is 32.2. The molecule has 0 bridgehead atoms. The van der Waals surface area contributed by atoms with Crippen molar-refractivity contribution in [1.82, 2.24) is 15.2 Å². The summed E-state index contributed by atoms with van der Waals surface area (Å²) in [4.78, 5) is 53.4. The fourth-order valence-corrected chi connectivity index (χ4v) is 4.72. The molecule has 0 radical (unpaired) electrons. The maximum atomic E-state index is 13.2. The predicted molar refractivity (Wildman–Crippen MR) is 109 cm³/mol. The fourth-order valence-electron chi connectivity index (χ4n) is 2.83. The summed E-state index contributed by atoms with van der Waals surface area (Å²) in [6.45, 7) is 2.70. The second kappa shape index (κ2) is 8.40. The quantitative estimate of drug-likeness (QED) is 0.432. The van der Waals surface area contributed by atoms with Crippen LogP contribution in [0.15, 0.2) is 28.5 Å². The number of hydrogen-bond donors (Lipinski definition) is 3. The van der Waals surface area contributed by atoms with Crippen LogP contribution in [0.5, 0.6) is 0 Å². The number of nitrogens with two attached hydrogens (primary N) is 1. The highest BCUT2D eigenvalue weighted by molar-refractivity contribution is 8.01. The van der Waals surface area contributed by atoms with E-state index in [2.05, 4.69) is 15.6 Å². The molecule has 1 fully saturated rings. The van der Waals surface area contributed by atoms with Crippen molar-refractivity contribution < 1.29 is 23.6 Å². The normalized spacial score (nSPS) is 18.4. The van der Waals surface area contributed by atoms with Crippen molar-refractivity contribution in [2.75, 3.05) is 17.6 Å². The first-order valence-electron chi connectivity index (χ1n) is 8.68. The predicted octanol–water partition coefficient (Wildman–Crippen LogP) is 1.57. The maximum Gasteiger partial charge on any atom is 0.325 e. The first-order valence-corrected chi connectivity index (χ1v) is 10.5. The van der Waals surface area contributed by atoms with Crippen molar-refractivity contribution in [2.24, 2.45) is 5.73 Å². The molecular formula is C18H18FN5O4S2. The Morgan fingerprint density at radius 1 is 1.33 bits per heavy atom. The monoisotopic (exact) mass is 451 g/mol. The molecule has 9 nitrogen and oxygen atoms in total. The number of primary amides is 1. The van der Waals surface area contributed by atoms with Crippen molar-refractivity contribution in [3.63, 3.8) is 0 Å². The van der Waals surface area contributed by atoms with E-state index >= 15 is 0 Å². The average Bonchev–Trinajstić information content (AvgIpc) is 3.12. The number of urea groups is 1. The molecule has 1 unspecified atom stereocenters. The summed E-state index contributed by atoms with van der Waals surface area (Å²) < 4.78 is 13.9. The zero-order valence-electron chi connectivity index (χ0n) is 16.0. The number of nitrogens with zero attached hydrogens (tertiary/aromatic N) is 2. The summed E-state index contributed by atoms with van der Waals surface area (Å²) in [6, 6.07) is 4.46. The van der Waals surface area contributed by atoms with Crippen LogP contribution in [0.3, 0.4) is 0 Å². The van der Waals surface area contributed by atoms with Crippen LogP contribution < -0.4 is 16.4 Å². The van der Waals surface area contributed by atoms with Gasteiger partial charge in [0, 0.05) is 0 Å². The minimum Gasteiger partial charge on any atom is -0.369 e. The van der Waals surface area contributed by atoms with Crippen LogP contribution in [0.25, 0.3) is 0 Å². The van der Waals surface area contributed by atoms with Gasteiger partial charge in [-0.15, -0.1) is 11.8 Å². The van der Waals surface area contributed by atoms with E-state index in [0.29, 0.717) is 11.3 Å².